The summed E-state index contributed by atoms with van der Waals surface area (Å²) in [5.41, 5.74) is 6.89. The van der Waals surface area contributed by atoms with Crippen molar-refractivity contribution in [3.8, 4) is 0 Å². The predicted octanol–water partition coefficient (Wildman–Crippen LogP) is 0.479. The molecule has 0 atom stereocenters. The smallest absolute Gasteiger partial charge is 0.247 e. The van der Waals surface area contributed by atoms with Crippen LogP contribution < -0.4 is 11.2 Å². The number of carbonyl (C=O) groups is 2. The van der Waals surface area contributed by atoms with Crippen molar-refractivity contribution in [3.05, 3.63) is 35.4 Å². The van der Waals surface area contributed by atoms with E-state index < -0.39 is 29.9 Å². The molecule has 0 unspecified atom stereocenters. The van der Waals surface area contributed by atoms with Gasteiger partial charge in [0.1, 0.15) is 23.0 Å². The van der Waals surface area contributed by atoms with Gasteiger partial charge < -0.3 is 5.73 Å². The number of hydrazine groups is 1. The Hall–Kier alpha value is -2.09. The Bertz CT molecular complexity index is 537. The Morgan fingerprint density at radius 2 is 2.05 bits per heavy atom. The number of rotatable bonds is 3. The third-order valence-corrected chi connectivity index (χ3v) is 2.58. The van der Waals surface area contributed by atoms with Crippen LogP contribution in [0.1, 0.15) is 12.0 Å². The number of amides is 2. The number of nitrogens with zero attached hydrogens (tertiary/aromatic N) is 1. The van der Waals surface area contributed by atoms with Crippen LogP contribution in [-0.4, -0.2) is 28.9 Å². The van der Waals surface area contributed by atoms with Crippen LogP contribution in [-0.2, 0) is 9.59 Å². The second-order valence-electron chi connectivity index (χ2n) is 3.67. The number of benzene rings is 1. The molecular weight excluding hydrogens is 276 g/mol. The molecule has 0 spiro atoms. The SMILES string of the molecule is CN(NC(=O)CC(N)=O)C(=S)c1cc(F)ccc1F. The molecular formula is C11H11F2N3O2S. The molecule has 1 aromatic carbocycles. The largest absolute Gasteiger partial charge is 0.369 e. The Labute approximate surface area is 113 Å². The fourth-order valence-corrected chi connectivity index (χ4v) is 1.48. The first-order chi connectivity index (χ1) is 8.81. The van der Waals surface area contributed by atoms with E-state index in [1.54, 1.807) is 0 Å². The van der Waals surface area contributed by atoms with Crippen molar-refractivity contribution >= 4 is 29.0 Å². The van der Waals surface area contributed by atoms with Crippen LogP contribution in [0.5, 0.6) is 0 Å². The van der Waals surface area contributed by atoms with Gasteiger partial charge in [0, 0.05) is 12.6 Å². The first kappa shape index (κ1) is 15.0. The Morgan fingerprint density at radius 3 is 2.63 bits per heavy atom. The maximum Gasteiger partial charge on any atom is 0.247 e. The van der Waals surface area contributed by atoms with Gasteiger partial charge in [-0.2, -0.15) is 0 Å². The normalized spacial score (nSPS) is 9.84. The van der Waals surface area contributed by atoms with Gasteiger partial charge in [-0.05, 0) is 18.2 Å². The van der Waals surface area contributed by atoms with Gasteiger partial charge in [-0.3, -0.25) is 20.0 Å². The van der Waals surface area contributed by atoms with Crippen molar-refractivity contribution in [2.24, 2.45) is 5.73 Å². The number of carbonyl (C=O) groups excluding carboxylic acids is 2. The third kappa shape index (κ3) is 4.25. The number of nitrogens with one attached hydrogen (secondary N) is 1. The van der Waals surface area contributed by atoms with Gasteiger partial charge in [0.25, 0.3) is 0 Å². The highest BCUT2D eigenvalue weighted by molar-refractivity contribution is 7.80. The van der Waals surface area contributed by atoms with Crippen LogP contribution in [0.3, 0.4) is 0 Å². The van der Waals surface area contributed by atoms with Gasteiger partial charge in [0.05, 0.1) is 0 Å². The number of halogens is 2. The molecule has 0 heterocycles. The molecule has 5 nitrogen and oxygen atoms in total. The molecule has 102 valence electrons. The number of primary amides is 1. The fraction of sp³-hybridized carbons (Fsp3) is 0.182. The first-order valence-electron chi connectivity index (χ1n) is 5.12. The average molecular weight is 287 g/mol. The molecule has 0 saturated carbocycles. The molecule has 1 rings (SSSR count). The summed E-state index contributed by atoms with van der Waals surface area (Å²) in [5.74, 6) is -2.89. The molecule has 2 amide bonds. The highest BCUT2D eigenvalue weighted by Crippen LogP contribution is 2.12. The van der Waals surface area contributed by atoms with E-state index in [0.29, 0.717) is 0 Å². The van der Waals surface area contributed by atoms with Crippen molar-refractivity contribution in [1.82, 2.24) is 10.4 Å². The minimum Gasteiger partial charge on any atom is -0.369 e. The topological polar surface area (TPSA) is 75.4 Å². The van der Waals surface area contributed by atoms with E-state index in [9.17, 15) is 18.4 Å². The van der Waals surface area contributed by atoms with Crippen LogP contribution in [0.2, 0.25) is 0 Å². The van der Waals surface area contributed by atoms with Gasteiger partial charge in [-0.15, -0.1) is 0 Å². The van der Waals surface area contributed by atoms with Gasteiger partial charge >= 0.3 is 0 Å². The standard InChI is InChI=1S/C11H11F2N3O2S/c1-16(15-10(18)5-9(14)17)11(19)7-4-6(12)2-3-8(7)13/h2-4H,5H2,1H3,(H2,14,17)(H,15,18). The minimum atomic E-state index is -0.811. The summed E-state index contributed by atoms with van der Waals surface area (Å²) in [6.07, 6.45) is -0.529. The lowest BCUT2D eigenvalue weighted by Gasteiger charge is -2.21. The second-order valence-corrected chi connectivity index (χ2v) is 4.05. The second kappa shape index (κ2) is 6.19. The molecule has 0 fully saturated rings. The summed E-state index contributed by atoms with van der Waals surface area (Å²) in [7, 11) is 1.34. The molecule has 8 heteroatoms. The van der Waals surface area contributed by atoms with Crippen LogP contribution in [0, 0.1) is 11.6 Å². The zero-order valence-electron chi connectivity index (χ0n) is 9.94. The molecule has 19 heavy (non-hydrogen) atoms. The summed E-state index contributed by atoms with van der Waals surface area (Å²) in [6.45, 7) is 0. The van der Waals surface area contributed by atoms with Crippen molar-refractivity contribution in [2.75, 3.05) is 7.05 Å². The maximum atomic E-state index is 13.5. The van der Waals surface area contributed by atoms with E-state index in [0.717, 1.165) is 23.2 Å². The Balaban J connectivity index is 2.79. The number of nitrogens with two attached hydrogens (primary N) is 1. The third-order valence-electron chi connectivity index (χ3n) is 2.09. The van der Waals surface area contributed by atoms with Gasteiger partial charge in [0.2, 0.25) is 11.8 Å². The van der Waals surface area contributed by atoms with E-state index in [4.69, 9.17) is 18.0 Å². The number of hydrogen-bond acceptors (Lipinski definition) is 3. The van der Waals surface area contributed by atoms with E-state index in [1.165, 1.54) is 7.05 Å². The summed E-state index contributed by atoms with van der Waals surface area (Å²) in [5, 5.41) is 1.01. The Kier molecular flexibility index (Phi) is 4.87. The maximum absolute atomic E-state index is 13.5. The monoisotopic (exact) mass is 287 g/mol. The molecule has 1 aromatic rings. The quantitative estimate of drug-likeness (QED) is 0.482. The van der Waals surface area contributed by atoms with Gasteiger partial charge in [-0.1, -0.05) is 12.2 Å². The summed E-state index contributed by atoms with van der Waals surface area (Å²) < 4.78 is 26.5. The first-order valence-corrected chi connectivity index (χ1v) is 5.53. The summed E-state index contributed by atoms with van der Waals surface area (Å²) >= 11 is 4.91. The molecule has 0 aliphatic heterocycles. The minimum absolute atomic E-state index is 0.130. The predicted molar refractivity (Wildman–Crippen MR) is 67.8 cm³/mol. The average Bonchev–Trinajstić information content (AvgIpc) is 2.30. The highest BCUT2D eigenvalue weighted by Gasteiger charge is 2.15. The van der Waals surface area contributed by atoms with Gasteiger partial charge in [0.15, 0.2) is 0 Å². The van der Waals surface area contributed by atoms with Crippen LogP contribution >= 0.6 is 12.2 Å². The number of hydrogen-bond donors (Lipinski definition) is 2. The van der Waals surface area contributed by atoms with Crippen molar-refractivity contribution in [2.45, 2.75) is 6.42 Å². The van der Waals surface area contributed by atoms with E-state index in [2.05, 4.69) is 5.43 Å². The summed E-state index contributed by atoms with van der Waals surface area (Å²) in [4.78, 5) is 21.7. The lowest BCUT2D eigenvalue weighted by Crippen LogP contribution is -2.44. The van der Waals surface area contributed by atoms with Crippen molar-refractivity contribution in [1.29, 1.82) is 0 Å². The number of thiocarbonyl (C=S) groups is 1. The fourth-order valence-electron chi connectivity index (χ4n) is 1.28. The van der Waals surface area contributed by atoms with Gasteiger partial charge in [-0.25, -0.2) is 8.78 Å². The molecule has 0 bridgehead atoms. The van der Waals surface area contributed by atoms with Crippen molar-refractivity contribution in [3.63, 3.8) is 0 Å². The lowest BCUT2D eigenvalue weighted by molar-refractivity contribution is -0.129. The molecule has 0 saturated heterocycles. The molecule has 3 N–H and O–H groups in total. The zero-order valence-corrected chi connectivity index (χ0v) is 10.8. The highest BCUT2D eigenvalue weighted by atomic mass is 32.1. The van der Waals surface area contributed by atoms with E-state index in [1.807, 2.05) is 0 Å². The molecule has 0 aromatic heterocycles. The Morgan fingerprint density at radius 1 is 1.42 bits per heavy atom. The van der Waals surface area contributed by atoms with E-state index in [-0.39, 0.29) is 10.6 Å². The van der Waals surface area contributed by atoms with Crippen LogP contribution in [0.15, 0.2) is 18.2 Å². The van der Waals surface area contributed by atoms with E-state index >= 15 is 0 Å². The summed E-state index contributed by atoms with van der Waals surface area (Å²) in [6, 6.07) is 2.79. The van der Waals surface area contributed by atoms with Crippen LogP contribution in [0.4, 0.5) is 8.78 Å². The lowest BCUT2D eigenvalue weighted by atomic mass is 10.2. The molecule has 0 aliphatic carbocycles. The molecule has 0 aliphatic rings. The van der Waals surface area contributed by atoms with Crippen molar-refractivity contribution < 1.29 is 18.4 Å². The molecule has 0 radical (unpaired) electrons. The van der Waals surface area contributed by atoms with Crippen LogP contribution in [0.25, 0.3) is 0 Å². The zero-order chi connectivity index (χ0) is 14.6.